The van der Waals surface area contributed by atoms with Gasteiger partial charge in [-0.15, -0.1) is 11.8 Å². The zero-order valence-corrected chi connectivity index (χ0v) is 8.49. The third kappa shape index (κ3) is 5.08. The molecule has 0 saturated carbocycles. The number of thioether (sulfide) groups is 1. The van der Waals surface area contributed by atoms with Crippen LogP contribution in [-0.4, -0.2) is 12.0 Å². The molecule has 0 atom stereocenters. The van der Waals surface area contributed by atoms with Gasteiger partial charge in [-0.2, -0.15) is 0 Å². The minimum absolute atomic E-state index is 0.647. The van der Waals surface area contributed by atoms with E-state index in [1.165, 1.54) is 0 Å². The molecule has 0 radical (unpaired) electrons. The molecule has 0 N–H and O–H groups in total. The molecule has 1 nitrogen and oxygen atoms in total. The Morgan fingerprint density at radius 1 is 1.45 bits per heavy atom. The lowest BCUT2D eigenvalue weighted by atomic mass is 10.3. The van der Waals surface area contributed by atoms with Crippen molar-refractivity contribution in [2.75, 3.05) is 5.75 Å². The van der Waals surface area contributed by atoms with Gasteiger partial charge in [0.25, 0.3) is 0 Å². The fourth-order valence-corrected chi connectivity index (χ4v) is 1.42. The highest BCUT2D eigenvalue weighted by Gasteiger charge is 2.00. The number of hydrogen-bond acceptors (Lipinski definition) is 2. The average Bonchev–Trinajstić information content (AvgIpc) is 1.87. The third-order valence-electron chi connectivity index (χ3n) is 1.17. The maximum atomic E-state index is 10.5. The van der Waals surface area contributed by atoms with Crippen LogP contribution in [-0.2, 0) is 4.79 Å². The second kappa shape index (κ2) is 5.42. The van der Waals surface area contributed by atoms with Crippen molar-refractivity contribution in [1.82, 2.24) is 0 Å². The van der Waals surface area contributed by atoms with Crippen LogP contribution in [0.1, 0.15) is 27.7 Å². The number of allylic oxidation sites excluding steroid dienone is 2. The van der Waals surface area contributed by atoms with Gasteiger partial charge >= 0.3 is 0 Å². The van der Waals surface area contributed by atoms with Crippen molar-refractivity contribution in [3.63, 3.8) is 0 Å². The fraction of sp³-hybridized carbons (Fsp3) is 0.667. The minimum atomic E-state index is 0.647. The first kappa shape index (κ1) is 10.8. The smallest absolute Gasteiger partial charge is 0.156 e. The van der Waals surface area contributed by atoms with E-state index in [9.17, 15) is 4.79 Å². The summed E-state index contributed by atoms with van der Waals surface area (Å²) in [7, 11) is 0. The molecule has 0 bridgehead atoms. The summed E-state index contributed by atoms with van der Waals surface area (Å²) in [6.45, 7) is 8.24. The molecule has 11 heavy (non-hydrogen) atoms. The Morgan fingerprint density at radius 2 is 2.00 bits per heavy atom. The summed E-state index contributed by atoms with van der Waals surface area (Å²) in [6.07, 6.45) is 0.947. The SMILES string of the molecule is CC(C)=C(C=O)SCC(C)C. The van der Waals surface area contributed by atoms with Gasteiger partial charge in [0, 0.05) is 10.7 Å². The molecule has 0 aliphatic carbocycles. The monoisotopic (exact) mass is 172 g/mol. The Morgan fingerprint density at radius 3 is 2.27 bits per heavy atom. The van der Waals surface area contributed by atoms with Crippen molar-refractivity contribution >= 4 is 18.0 Å². The Bertz CT molecular complexity index is 155. The van der Waals surface area contributed by atoms with E-state index in [0.29, 0.717) is 5.92 Å². The highest BCUT2D eigenvalue weighted by Crippen LogP contribution is 2.19. The number of rotatable bonds is 4. The van der Waals surface area contributed by atoms with Crippen molar-refractivity contribution in [2.45, 2.75) is 27.7 Å². The molecule has 0 aromatic heterocycles. The molecule has 0 fully saturated rings. The molecule has 0 heterocycles. The number of carbonyl (C=O) groups is 1. The van der Waals surface area contributed by atoms with Crippen molar-refractivity contribution in [2.24, 2.45) is 5.92 Å². The second-order valence-corrected chi connectivity index (χ2v) is 4.25. The van der Waals surface area contributed by atoms with E-state index in [1.54, 1.807) is 11.8 Å². The van der Waals surface area contributed by atoms with E-state index in [-0.39, 0.29) is 0 Å². The Hall–Kier alpha value is -0.240. The predicted molar refractivity (Wildman–Crippen MR) is 51.7 cm³/mol. The molecule has 0 aliphatic heterocycles. The highest BCUT2D eigenvalue weighted by atomic mass is 32.2. The summed E-state index contributed by atoms with van der Waals surface area (Å²) in [4.78, 5) is 11.4. The predicted octanol–water partition coefficient (Wildman–Crippen LogP) is 2.87. The molecule has 0 aliphatic rings. The van der Waals surface area contributed by atoms with E-state index in [4.69, 9.17) is 0 Å². The van der Waals surface area contributed by atoms with Crippen molar-refractivity contribution < 1.29 is 4.79 Å². The molecule has 0 unspecified atom stereocenters. The van der Waals surface area contributed by atoms with Crippen LogP contribution in [0.15, 0.2) is 10.5 Å². The summed E-state index contributed by atoms with van der Waals surface area (Å²) in [5.74, 6) is 1.67. The van der Waals surface area contributed by atoms with Crippen LogP contribution in [0.3, 0.4) is 0 Å². The first-order valence-electron chi connectivity index (χ1n) is 3.83. The fourth-order valence-electron chi connectivity index (χ4n) is 0.553. The van der Waals surface area contributed by atoms with E-state index >= 15 is 0 Å². The van der Waals surface area contributed by atoms with Crippen molar-refractivity contribution in [3.8, 4) is 0 Å². The Kier molecular flexibility index (Phi) is 5.30. The van der Waals surface area contributed by atoms with Gasteiger partial charge in [0.1, 0.15) is 0 Å². The van der Waals surface area contributed by atoms with Gasteiger partial charge in [-0.1, -0.05) is 19.4 Å². The number of hydrogen-bond donors (Lipinski definition) is 0. The van der Waals surface area contributed by atoms with Gasteiger partial charge in [-0.05, 0) is 19.8 Å². The van der Waals surface area contributed by atoms with Crippen LogP contribution >= 0.6 is 11.8 Å². The van der Waals surface area contributed by atoms with E-state index in [1.807, 2.05) is 13.8 Å². The molecule has 64 valence electrons. The quantitative estimate of drug-likeness (QED) is 0.479. The largest absolute Gasteiger partial charge is 0.297 e. The normalized spacial score (nSPS) is 9.91. The molecule has 0 aromatic rings. The summed E-state index contributed by atoms with van der Waals surface area (Å²) >= 11 is 1.65. The highest BCUT2D eigenvalue weighted by molar-refractivity contribution is 8.03. The zero-order chi connectivity index (χ0) is 8.85. The lowest BCUT2D eigenvalue weighted by molar-refractivity contribution is -0.104. The lowest BCUT2D eigenvalue weighted by Gasteiger charge is -2.04. The molecule has 0 amide bonds. The van der Waals surface area contributed by atoms with Crippen LogP contribution in [0.4, 0.5) is 0 Å². The maximum absolute atomic E-state index is 10.5. The molecular weight excluding hydrogens is 156 g/mol. The molecule has 2 heteroatoms. The summed E-state index contributed by atoms with van der Waals surface area (Å²) < 4.78 is 0. The molecule has 0 rings (SSSR count). The topological polar surface area (TPSA) is 17.1 Å². The molecule has 0 spiro atoms. The lowest BCUT2D eigenvalue weighted by Crippen LogP contribution is -1.93. The van der Waals surface area contributed by atoms with Crippen LogP contribution in [0.25, 0.3) is 0 Å². The van der Waals surface area contributed by atoms with Crippen LogP contribution in [0, 0.1) is 5.92 Å². The minimum Gasteiger partial charge on any atom is -0.297 e. The number of carbonyl (C=O) groups excluding carboxylic acids is 1. The van der Waals surface area contributed by atoms with Gasteiger partial charge in [0.2, 0.25) is 0 Å². The first-order valence-corrected chi connectivity index (χ1v) is 4.82. The second-order valence-electron chi connectivity index (χ2n) is 3.19. The van der Waals surface area contributed by atoms with Crippen LogP contribution in [0.5, 0.6) is 0 Å². The molecular formula is C9H16OS. The maximum Gasteiger partial charge on any atom is 0.156 e. The summed E-state index contributed by atoms with van der Waals surface area (Å²) in [5.41, 5.74) is 1.12. The molecule has 0 aromatic carbocycles. The summed E-state index contributed by atoms with van der Waals surface area (Å²) in [6, 6.07) is 0. The standard InChI is InChI=1S/C9H16OS/c1-7(2)6-11-9(5-10)8(3)4/h5,7H,6H2,1-4H3. The Labute approximate surface area is 73.3 Å². The first-order chi connectivity index (χ1) is 5.07. The summed E-state index contributed by atoms with van der Waals surface area (Å²) in [5, 5.41) is 0. The van der Waals surface area contributed by atoms with E-state index < -0.39 is 0 Å². The van der Waals surface area contributed by atoms with Gasteiger partial charge in [-0.3, -0.25) is 4.79 Å². The Balaban J connectivity index is 3.91. The van der Waals surface area contributed by atoms with E-state index in [2.05, 4.69) is 13.8 Å². The van der Waals surface area contributed by atoms with Gasteiger partial charge in [0.15, 0.2) is 6.29 Å². The van der Waals surface area contributed by atoms with Gasteiger partial charge in [-0.25, -0.2) is 0 Å². The van der Waals surface area contributed by atoms with Crippen molar-refractivity contribution in [3.05, 3.63) is 10.5 Å². The average molecular weight is 172 g/mol. The van der Waals surface area contributed by atoms with Crippen molar-refractivity contribution in [1.29, 1.82) is 0 Å². The zero-order valence-electron chi connectivity index (χ0n) is 7.68. The van der Waals surface area contributed by atoms with Crippen LogP contribution in [0.2, 0.25) is 0 Å². The third-order valence-corrected chi connectivity index (χ3v) is 2.82. The molecule has 0 saturated heterocycles. The van der Waals surface area contributed by atoms with E-state index in [0.717, 1.165) is 22.5 Å². The number of aldehydes is 1. The van der Waals surface area contributed by atoms with Crippen LogP contribution < -0.4 is 0 Å². The van der Waals surface area contributed by atoms with Gasteiger partial charge in [0.05, 0.1) is 0 Å². The van der Waals surface area contributed by atoms with Gasteiger partial charge < -0.3 is 0 Å².